The zero-order valence-corrected chi connectivity index (χ0v) is 19.4. The number of nitrogens with zero attached hydrogens (tertiary/aromatic N) is 3. The van der Waals surface area contributed by atoms with E-state index < -0.39 is 29.4 Å². The smallest absolute Gasteiger partial charge is 0.410 e. The highest BCUT2D eigenvalue weighted by molar-refractivity contribution is 6.07. The van der Waals surface area contributed by atoms with E-state index in [-0.39, 0.29) is 18.9 Å². The van der Waals surface area contributed by atoms with Crippen LogP contribution in [0.15, 0.2) is 18.2 Å². The minimum atomic E-state index is -1.02. The Hall–Kier alpha value is -3.43. The quantitative estimate of drug-likeness (QED) is 0.536. The second-order valence-electron chi connectivity index (χ2n) is 9.24. The van der Waals surface area contributed by atoms with Crippen molar-refractivity contribution in [3.8, 4) is 0 Å². The minimum Gasteiger partial charge on any atom is -0.444 e. The number of benzene rings is 1. The van der Waals surface area contributed by atoms with E-state index in [2.05, 4.69) is 5.32 Å². The molecule has 2 heterocycles. The van der Waals surface area contributed by atoms with Gasteiger partial charge in [-0.2, -0.15) is 0 Å². The van der Waals surface area contributed by atoms with Crippen LogP contribution in [0.4, 0.5) is 10.5 Å². The first-order valence-corrected chi connectivity index (χ1v) is 11.0. The second kappa shape index (κ2) is 9.60. The summed E-state index contributed by atoms with van der Waals surface area (Å²) in [5.41, 5.74) is 1.18. The highest BCUT2D eigenvalue weighted by Gasteiger charge is 2.35. The van der Waals surface area contributed by atoms with Crippen LogP contribution in [0, 0.1) is 6.92 Å². The molecule has 178 valence electrons. The number of carbonyl (C=O) groups excluding carboxylic acids is 5. The van der Waals surface area contributed by atoms with Crippen LogP contribution in [0.5, 0.6) is 0 Å². The number of aryl methyl sites for hydroxylation is 1. The van der Waals surface area contributed by atoms with E-state index in [1.807, 2.05) is 31.7 Å². The van der Waals surface area contributed by atoms with Crippen LogP contribution in [0.3, 0.4) is 0 Å². The summed E-state index contributed by atoms with van der Waals surface area (Å²) in [5.74, 6) is -1.66. The molecule has 1 aromatic rings. The Morgan fingerprint density at radius 3 is 2.39 bits per heavy atom. The highest BCUT2D eigenvalue weighted by atomic mass is 16.6. The molecule has 2 aliphatic rings. The molecule has 3 rings (SSSR count). The Morgan fingerprint density at radius 2 is 1.82 bits per heavy atom. The van der Waals surface area contributed by atoms with Crippen molar-refractivity contribution in [1.29, 1.82) is 0 Å². The van der Waals surface area contributed by atoms with E-state index in [1.165, 1.54) is 0 Å². The number of anilines is 1. The van der Waals surface area contributed by atoms with Gasteiger partial charge in [-0.25, -0.2) is 4.79 Å². The van der Waals surface area contributed by atoms with Crippen molar-refractivity contribution >= 4 is 35.9 Å². The summed E-state index contributed by atoms with van der Waals surface area (Å²) in [4.78, 5) is 65.3. The van der Waals surface area contributed by atoms with Gasteiger partial charge in [-0.1, -0.05) is 6.07 Å². The molecule has 2 fully saturated rings. The number of carbonyl (C=O) groups is 5. The van der Waals surface area contributed by atoms with Gasteiger partial charge >= 0.3 is 6.09 Å². The summed E-state index contributed by atoms with van der Waals surface area (Å²) in [6, 6.07) is 4.35. The molecular weight excluding hydrogens is 428 g/mol. The molecule has 0 saturated carbocycles. The van der Waals surface area contributed by atoms with Crippen molar-refractivity contribution in [2.24, 2.45) is 0 Å². The van der Waals surface area contributed by atoms with Crippen molar-refractivity contribution in [1.82, 2.24) is 15.1 Å². The molecule has 1 unspecified atom stereocenters. The van der Waals surface area contributed by atoms with Crippen molar-refractivity contribution < 1.29 is 28.7 Å². The summed E-state index contributed by atoms with van der Waals surface area (Å²) >= 11 is 0. The average Bonchev–Trinajstić information content (AvgIpc) is 2.75. The lowest BCUT2D eigenvalue weighted by Crippen LogP contribution is -2.54. The average molecular weight is 459 g/mol. The fraction of sp³-hybridized carbons (Fsp3) is 0.522. The Kier molecular flexibility index (Phi) is 7.04. The van der Waals surface area contributed by atoms with E-state index in [0.29, 0.717) is 43.7 Å². The second-order valence-corrected chi connectivity index (χ2v) is 9.24. The van der Waals surface area contributed by atoms with Gasteiger partial charge in [0.05, 0.1) is 0 Å². The van der Waals surface area contributed by atoms with Crippen LogP contribution in [0.25, 0.3) is 0 Å². The van der Waals surface area contributed by atoms with Crippen LogP contribution in [0.2, 0.25) is 0 Å². The predicted octanol–water partition coefficient (Wildman–Crippen LogP) is 1.46. The summed E-state index contributed by atoms with van der Waals surface area (Å²) in [6.07, 6.45) is 0.150. The predicted molar refractivity (Wildman–Crippen MR) is 120 cm³/mol. The topological polar surface area (TPSA) is 116 Å². The summed E-state index contributed by atoms with van der Waals surface area (Å²) in [6.45, 7) is 9.29. The van der Waals surface area contributed by atoms with Crippen molar-refractivity contribution in [3.05, 3.63) is 29.3 Å². The van der Waals surface area contributed by atoms with Gasteiger partial charge in [0.1, 0.15) is 11.6 Å². The lowest BCUT2D eigenvalue weighted by atomic mass is 10.0. The zero-order valence-electron chi connectivity index (χ0n) is 19.4. The largest absolute Gasteiger partial charge is 0.444 e. The normalized spacial score (nSPS) is 19.1. The van der Waals surface area contributed by atoms with Crippen molar-refractivity contribution in [2.75, 3.05) is 31.1 Å². The Morgan fingerprint density at radius 1 is 1.15 bits per heavy atom. The first-order chi connectivity index (χ1) is 15.5. The number of hydrogen-bond acceptors (Lipinski definition) is 7. The number of ether oxygens (including phenoxy) is 1. The van der Waals surface area contributed by atoms with E-state index in [4.69, 9.17) is 4.74 Å². The fourth-order valence-electron chi connectivity index (χ4n) is 3.86. The van der Waals surface area contributed by atoms with Gasteiger partial charge in [0.25, 0.3) is 5.91 Å². The molecule has 1 N–H and O–H groups in total. The molecule has 5 amide bonds. The standard InChI is InChI=1S/C23H30N4O6/c1-15-5-6-16(25-9-11-26(12-10-25)22(32)33-23(2,3)4)13-17(15)21(31)27(14-28)18-7-8-19(29)24-20(18)30/h5-6,13-14,18H,7-12H2,1-4H3,(H,24,29,30). The third-order valence-electron chi connectivity index (χ3n) is 5.64. The van der Waals surface area contributed by atoms with Gasteiger partial charge in [-0.3, -0.25) is 29.4 Å². The summed E-state index contributed by atoms with van der Waals surface area (Å²) < 4.78 is 5.43. The van der Waals surface area contributed by atoms with Crippen molar-refractivity contribution in [3.63, 3.8) is 0 Å². The maximum absolute atomic E-state index is 13.2. The zero-order chi connectivity index (χ0) is 24.3. The maximum Gasteiger partial charge on any atom is 0.410 e. The Bertz CT molecular complexity index is 962. The van der Waals surface area contributed by atoms with E-state index in [9.17, 15) is 24.0 Å². The van der Waals surface area contributed by atoms with Gasteiger partial charge in [0.2, 0.25) is 18.2 Å². The Balaban J connectivity index is 1.72. The summed E-state index contributed by atoms with van der Waals surface area (Å²) in [5, 5.41) is 2.17. The van der Waals surface area contributed by atoms with Crippen LogP contribution in [-0.2, 0) is 19.1 Å². The molecule has 2 aliphatic heterocycles. The molecule has 10 nitrogen and oxygen atoms in total. The first kappa shape index (κ1) is 24.2. The van der Waals surface area contributed by atoms with E-state index in [1.54, 1.807) is 24.0 Å². The van der Waals surface area contributed by atoms with Crippen LogP contribution < -0.4 is 10.2 Å². The third-order valence-corrected chi connectivity index (χ3v) is 5.64. The Labute approximate surface area is 192 Å². The first-order valence-electron chi connectivity index (χ1n) is 11.0. The number of piperazine rings is 1. The number of piperidine rings is 1. The van der Waals surface area contributed by atoms with Gasteiger partial charge in [-0.15, -0.1) is 0 Å². The lowest BCUT2D eigenvalue weighted by Gasteiger charge is -2.37. The monoisotopic (exact) mass is 458 g/mol. The molecule has 0 bridgehead atoms. The highest BCUT2D eigenvalue weighted by Crippen LogP contribution is 2.24. The minimum absolute atomic E-state index is 0.0645. The van der Waals surface area contributed by atoms with Gasteiger partial charge in [0, 0.05) is 43.9 Å². The molecule has 0 spiro atoms. The molecule has 2 saturated heterocycles. The molecule has 33 heavy (non-hydrogen) atoms. The SMILES string of the molecule is Cc1ccc(N2CCN(C(=O)OC(C)(C)C)CC2)cc1C(=O)N(C=O)C1CCC(=O)NC1=O. The third kappa shape index (κ3) is 5.68. The molecule has 1 aromatic carbocycles. The lowest BCUT2D eigenvalue weighted by molar-refractivity contribution is -0.139. The van der Waals surface area contributed by atoms with Gasteiger partial charge in [-0.05, 0) is 51.8 Å². The van der Waals surface area contributed by atoms with Crippen LogP contribution >= 0.6 is 0 Å². The number of amides is 5. The molecule has 1 atom stereocenters. The van der Waals surface area contributed by atoms with Gasteiger partial charge < -0.3 is 14.5 Å². The number of rotatable bonds is 4. The molecule has 0 radical (unpaired) electrons. The maximum atomic E-state index is 13.2. The molecule has 10 heteroatoms. The number of nitrogens with one attached hydrogen (secondary N) is 1. The van der Waals surface area contributed by atoms with E-state index in [0.717, 1.165) is 10.6 Å². The molecular formula is C23H30N4O6. The van der Waals surface area contributed by atoms with Crippen molar-refractivity contribution in [2.45, 2.75) is 52.2 Å². The van der Waals surface area contributed by atoms with E-state index >= 15 is 0 Å². The number of imide groups is 2. The number of hydrogen-bond donors (Lipinski definition) is 1. The fourth-order valence-corrected chi connectivity index (χ4v) is 3.86. The van der Waals surface area contributed by atoms with Crippen LogP contribution in [-0.4, -0.2) is 77.8 Å². The summed E-state index contributed by atoms with van der Waals surface area (Å²) in [7, 11) is 0. The molecule has 0 aliphatic carbocycles. The van der Waals surface area contributed by atoms with Gasteiger partial charge in [0.15, 0.2) is 0 Å². The van der Waals surface area contributed by atoms with Crippen LogP contribution in [0.1, 0.15) is 49.5 Å². The molecule has 0 aromatic heterocycles.